The number of nitrogens with two attached hydrogens (primary N) is 1. The molecule has 0 aliphatic carbocycles. The zero-order chi connectivity index (χ0) is 15.2. The zero-order valence-electron chi connectivity index (χ0n) is 12.4. The molecule has 1 aromatic carbocycles. The molecule has 0 saturated heterocycles. The van der Waals surface area contributed by atoms with E-state index in [0.29, 0.717) is 13.0 Å². The highest BCUT2D eigenvalue weighted by atomic mass is 32.1. The van der Waals surface area contributed by atoms with Gasteiger partial charge in [-0.2, -0.15) is 0 Å². The van der Waals surface area contributed by atoms with E-state index in [9.17, 15) is 4.79 Å². The number of hydrogen-bond donors (Lipinski definition) is 2. The van der Waals surface area contributed by atoms with Crippen LogP contribution in [-0.4, -0.2) is 23.5 Å². The summed E-state index contributed by atoms with van der Waals surface area (Å²) in [7, 11) is 0. The van der Waals surface area contributed by atoms with Gasteiger partial charge in [-0.25, -0.2) is 4.98 Å². The Bertz CT molecular complexity index is 575. The molecule has 2 rings (SSSR count). The van der Waals surface area contributed by atoms with Crippen LogP contribution in [0.3, 0.4) is 0 Å². The molecule has 5 heteroatoms. The summed E-state index contributed by atoms with van der Waals surface area (Å²) in [6, 6.07) is 9.31. The molecule has 1 unspecified atom stereocenters. The van der Waals surface area contributed by atoms with Crippen LogP contribution in [-0.2, 0) is 17.6 Å². The van der Waals surface area contributed by atoms with E-state index in [2.05, 4.69) is 17.2 Å². The first kappa shape index (κ1) is 15.7. The molecule has 3 N–H and O–H groups in total. The monoisotopic (exact) mass is 303 g/mol. The van der Waals surface area contributed by atoms with E-state index in [0.717, 1.165) is 22.7 Å². The van der Waals surface area contributed by atoms with Crippen molar-refractivity contribution in [3.63, 3.8) is 0 Å². The lowest BCUT2D eigenvalue weighted by Crippen LogP contribution is -2.42. The van der Waals surface area contributed by atoms with E-state index >= 15 is 0 Å². The van der Waals surface area contributed by atoms with E-state index in [1.54, 1.807) is 11.3 Å². The van der Waals surface area contributed by atoms with Crippen LogP contribution in [0.25, 0.3) is 0 Å². The number of amides is 1. The van der Waals surface area contributed by atoms with Gasteiger partial charge in [0.15, 0.2) is 0 Å². The van der Waals surface area contributed by atoms with Crippen LogP contribution in [0, 0.1) is 13.8 Å². The molecule has 1 atom stereocenters. The second-order valence-electron chi connectivity index (χ2n) is 5.09. The van der Waals surface area contributed by atoms with Gasteiger partial charge < -0.3 is 11.1 Å². The highest BCUT2D eigenvalue weighted by molar-refractivity contribution is 7.11. The Hall–Kier alpha value is -1.72. The number of thiazole rings is 1. The van der Waals surface area contributed by atoms with Crippen LogP contribution in [0.1, 0.15) is 21.1 Å². The molecule has 0 aliphatic heterocycles. The molecule has 1 heterocycles. The van der Waals surface area contributed by atoms with Gasteiger partial charge in [0.05, 0.1) is 16.7 Å². The predicted molar refractivity (Wildman–Crippen MR) is 86.4 cm³/mol. The standard InChI is InChI=1S/C16H21N3OS/c1-11-12(2)21-15(19-11)8-9-18-16(20)14(17)10-13-6-4-3-5-7-13/h3-7,14H,8-10,17H2,1-2H3,(H,18,20). The number of nitrogens with zero attached hydrogens (tertiary/aromatic N) is 1. The lowest BCUT2D eigenvalue weighted by atomic mass is 10.1. The summed E-state index contributed by atoms with van der Waals surface area (Å²) in [4.78, 5) is 17.6. The van der Waals surface area contributed by atoms with Crippen molar-refractivity contribution in [1.82, 2.24) is 10.3 Å². The first-order chi connectivity index (χ1) is 10.1. The Morgan fingerprint density at radius 3 is 2.67 bits per heavy atom. The lowest BCUT2D eigenvalue weighted by Gasteiger charge is -2.11. The Balaban J connectivity index is 1.76. The molecule has 0 radical (unpaired) electrons. The van der Waals surface area contributed by atoms with Gasteiger partial charge in [-0.15, -0.1) is 11.3 Å². The van der Waals surface area contributed by atoms with Gasteiger partial charge in [-0.05, 0) is 25.8 Å². The van der Waals surface area contributed by atoms with Crippen LogP contribution in [0.15, 0.2) is 30.3 Å². The maximum atomic E-state index is 12.0. The van der Waals surface area contributed by atoms with Crippen LogP contribution in [0.2, 0.25) is 0 Å². The fourth-order valence-electron chi connectivity index (χ4n) is 2.03. The molecule has 0 spiro atoms. The molecular weight excluding hydrogens is 282 g/mol. The molecule has 2 aromatic rings. The van der Waals surface area contributed by atoms with Gasteiger partial charge in [0, 0.05) is 17.8 Å². The van der Waals surface area contributed by atoms with Gasteiger partial charge in [-0.3, -0.25) is 4.79 Å². The van der Waals surface area contributed by atoms with E-state index in [1.807, 2.05) is 37.3 Å². The van der Waals surface area contributed by atoms with Crippen molar-refractivity contribution in [3.8, 4) is 0 Å². The van der Waals surface area contributed by atoms with Gasteiger partial charge >= 0.3 is 0 Å². The second kappa shape index (κ2) is 7.33. The van der Waals surface area contributed by atoms with Crippen molar-refractivity contribution < 1.29 is 4.79 Å². The number of aryl methyl sites for hydroxylation is 2. The van der Waals surface area contributed by atoms with E-state index in [-0.39, 0.29) is 5.91 Å². The summed E-state index contributed by atoms with van der Waals surface area (Å²) in [6.07, 6.45) is 1.31. The average molecular weight is 303 g/mol. The van der Waals surface area contributed by atoms with E-state index in [4.69, 9.17) is 5.73 Å². The van der Waals surface area contributed by atoms with Gasteiger partial charge in [0.2, 0.25) is 5.91 Å². The number of hydrogen-bond acceptors (Lipinski definition) is 4. The van der Waals surface area contributed by atoms with Gasteiger partial charge in [0.1, 0.15) is 0 Å². The Kier molecular flexibility index (Phi) is 5.47. The number of nitrogens with one attached hydrogen (secondary N) is 1. The third-order valence-electron chi connectivity index (χ3n) is 3.35. The summed E-state index contributed by atoms with van der Waals surface area (Å²) < 4.78 is 0. The number of rotatable bonds is 6. The average Bonchev–Trinajstić information content (AvgIpc) is 2.78. The number of carbonyl (C=O) groups excluding carboxylic acids is 1. The molecule has 0 fully saturated rings. The minimum Gasteiger partial charge on any atom is -0.354 e. The van der Waals surface area contributed by atoms with Crippen LogP contribution in [0.5, 0.6) is 0 Å². The minimum absolute atomic E-state index is 0.108. The quantitative estimate of drug-likeness (QED) is 0.857. The van der Waals surface area contributed by atoms with Crippen LogP contribution < -0.4 is 11.1 Å². The maximum absolute atomic E-state index is 12.0. The first-order valence-corrected chi connectivity index (χ1v) is 7.88. The third-order valence-corrected chi connectivity index (χ3v) is 4.48. The van der Waals surface area contributed by atoms with Crippen molar-refractivity contribution in [2.24, 2.45) is 5.73 Å². The first-order valence-electron chi connectivity index (χ1n) is 7.06. The van der Waals surface area contributed by atoms with Crippen molar-refractivity contribution in [3.05, 3.63) is 51.5 Å². The van der Waals surface area contributed by atoms with Crippen molar-refractivity contribution in [2.75, 3.05) is 6.54 Å². The summed E-state index contributed by atoms with van der Waals surface area (Å²) in [5.41, 5.74) is 8.08. The van der Waals surface area contributed by atoms with Crippen molar-refractivity contribution in [1.29, 1.82) is 0 Å². The summed E-state index contributed by atoms with van der Waals surface area (Å²) >= 11 is 1.68. The van der Waals surface area contributed by atoms with Gasteiger partial charge in [-0.1, -0.05) is 30.3 Å². The zero-order valence-corrected chi connectivity index (χ0v) is 13.2. The molecule has 0 saturated carbocycles. The van der Waals surface area contributed by atoms with Crippen LogP contribution >= 0.6 is 11.3 Å². The number of aromatic nitrogens is 1. The Morgan fingerprint density at radius 1 is 1.33 bits per heavy atom. The predicted octanol–water partition coefficient (Wildman–Crippen LogP) is 1.99. The summed E-state index contributed by atoms with van der Waals surface area (Å²) in [5.74, 6) is -0.108. The summed E-state index contributed by atoms with van der Waals surface area (Å²) in [5, 5.41) is 3.94. The Labute approximate surface area is 129 Å². The largest absolute Gasteiger partial charge is 0.354 e. The van der Waals surface area contributed by atoms with Gasteiger partial charge in [0.25, 0.3) is 0 Å². The van der Waals surface area contributed by atoms with E-state index < -0.39 is 6.04 Å². The highest BCUT2D eigenvalue weighted by Crippen LogP contribution is 2.16. The Morgan fingerprint density at radius 2 is 2.05 bits per heavy atom. The molecular formula is C16H21N3OS. The minimum atomic E-state index is -0.507. The molecule has 21 heavy (non-hydrogen) atoms. The molecule has 1 amide bonds. The fourth-order valence-corrected chi connectivity index (χ4v) is 2.96. The molecule has 4 nitrogen and oxygen atoms in total. The molecule has 0 aliphatic rings. The third kappa shape index (κ3) is 4.65. The van der Waals surface area contributed by atoms with Crippen molar-refractivity contribution in [2.45, 2.75) is 32.7 Å². The number of benzene rings is 1. The molecule has 112 valence electrons. The normalized spacial score (nSPS) is 12.1. The molecule has 1 aromatic heterocycles. The topological polar surface area (TPSA) is 68.0 Å². The fraction of sp³-hybridized carbons (Fsp3) is 0.375. The molecule has 0 bridgehead atoms. The van der Waals surface area contributed by atoms with Crippen LogP contribution in [0.4, 0.5) is 0 Å². The summed E-state index contributed by atoms with van der Waals surface area (Å²) in [6.45, 7) is 4.64. The second-order valence-corrected chi connectivity index (χ2v) is 6.37. The smallest absolute Gasteiger partial charge is 0.237 e. The number of carbonyl (C=O) groups is 1. The lowest BCUT2D eigenvalue weighted by molar-refractivity contribution is -0.122. The maximum Gasteiger partial charge on any atom is 0.237 e. The highest BCUT2D eigenvalue weighted by Gasteiger charge is 2.13. The van der Waals surface area contributed by atoms with Crippen molar-refractivity contribution >= 4 is 17.2 Å². The van der Waals surface area contributed by atoms with E-state index in [1.165, 1.54) is 4.88 Å². The SMILES string of the molecule is Cc1nc(CCNC(=O)C(N)Cc2ccccc2)sc1C.